The number of amides is 1. The minimum absolute atomic E-state index is 0.199. The number of nitrogens with one attached hydrogen (secondary N) is 2. The van der Waals surface area contributed by atoms with E-state index in [-0.39, 0.29) is 5.75 Å². The summed E-state index contributed by atoms with van der Waals surface area (Å²) in [5, 5.41) is 0. The lowest BCUT2D eigenvalue weighted by atomic mass is 10.2. The molecule has 0 spiro atoms. The normalized spacial score (nSPS) is 11.1. The van der Waals surface area contributed by atoms with Crippen molar-refractivity contribution in [3.8, 4) is 0 Å². The van der Waals surface area contributed by atoms with Crippen LogP contribution in [0.5, 0.6) is 0 Å². The van der Waals surface area contributed by atoms with Crippen LogP contribution in [0.4, 0.5) is 5.69 Å². The molecule has 2 rings (SSSR count). The molecule has 0 saturated heterocycles. The summed E-state index contributed by atoms with van der Waals surface area (Å²) in [6.45, 7) is 5.87. The third-order valence-corrected chi connectivity index (χ3v) is 4.90. The highest BCUT2D eigenvalue weighted by atomic mass is 32.2. The Labute approximate surface area is 148 Å². The van der Waals surface area contributed by atoms with Crippen molar-refractivity contribution in [3.05, 3.63) is 65.7 Å². The molecule has 0 aromatic heterocycles. The van der Waals surface area contributed by atoms with Crippen LogP contribution in [0.15, 0.2) is 54.6 Å². The zero-order chi connectivity index (χ0) is 18.3. The Morgan fingerprint density at radius 2 is 1.56 bits per heavy atom. The fourth-order valence-corrected chi connectivity index (χ4v) is 3.39. The van der Waals surface area contributed by atoms with E-state index < -0.39 is 15.9 Å². The van der Waals surface area contributed by atoms with E-state index in [0.717, 1.165) is 18.8 Å². The van der Waals surface area contributed by atoms with Crippen molar-refractivity contribution in [1.29, 1.82) is 0 Å². The Kier molecular flexibility index (Phi) is 6.55. The zero-order valence-corrected chi connectivity index (χ0v) is 15.2. The maximum Gasteiger partial charge on any atom is 0.266 e. The van der Waals surface area contributed by atoms with Crippen molar-refractivity contribution in [3.63, 3.8) is 0 Å². The van der Waals surface area contributed by atoms with Crippen LogP contribution < -0.4 is 15.2 Å². The Hall–Kier alpha value is -2.38. The van der Waals surface area contributed by atoms with Crippen molar-refractivity contribution in [2.75, 3.05) is 18.0 Å². The van der Waals surface area contributed by atoms with Gasteiger partial charge in [0.2, 0.25) is 10.0 Å². The number of anilines is 1. The minimum Gasteiger partial charge on any atom is -0.372 e. The maximum absolute atomic E-state index is 12.1. The highest BCUT2D eigenvalue weighted by Crippen LogP contribution is 2.14. The van der Waals surface area contributed by atoms with Gasteiger partial charge in [0.05, 0.1) is 5.75 Å². The Morgan fingerprint density at radius 3 is 2.12 bits per heavy atom. The fraction of sp³-hybridized carbons (Fsp3) is 0.278. The molecule has 2 aromatic carbocycles. The van der Waals surface area contributed by atoms with E-state index in [1.807, 2.05) is 18.2 Å². The summed E-state index contributed by atoms with van der Waals surface area (Å²) in [4.78, 5) is 16.4. The molecule has 6 nitrogen and oxygen atoms in total. The van der Waals surface area contributed by atoms with Crippen LogP contribution in [0, 0.1) is 0 Å². The molecule has 0 fully saturated rings. The third-order valence-electron chi connectivity index (χ3n) is 3.78. The van der Waals surface area contributed by atoms with Crippen LogP contribution in [0.25, 0.3) is 0 Å². The van der Waals surface area contributed by atoms with Gasteiger partial charge in [-0.3, -0.25) is 10.2 Å². The average Bonchev–Trinajstić information content (AvgIpc) is 2.62. The quantitative estimate of drug-likeness (QED) is 0.707. The van der Waals surface area contributed by atoms with Gasteiger partial charge in [-0.15, -0.1) is 4.83 Å². The summed E-state index contributed by atoms with van der Waals surface area (Å²) in [7, 11) is -3.66. The van der Waals surface area contributed by atoms with Gasteiger partial charge >= 0.3 is 0 Å². The smallest absolute Gasteiger partial charge is 0.266 e. The molecule has 2 N–H and O–H groups in total. The first-order valence-corrected chi connectivity index (χ1v) is 9.79. The van der Waals surface area contributed by atoms with E-state index in [1.54, 1.807) is 36.4 Å². The molecule has 0 aliphatic rings. The molecule has 0 aliphatic carbocycles. The molecule has 0 atom stereocenters. The van der Waals surface area contributed by atoms with E-state index in [9.17, 15) is 13.2 Å². The second-order valence-corrected chi connectivity index (χ2v) is 7.24. The predicted octanol–water partition coefficient (Wildman–Crippen LogP) is 2.30. The Balaban J connectivity index is 1.95. The first-order valence-electron chi connectivity index (χ1n) is 8.14. The topological polar surface area (TPSA) is 78.5 Å². The molecule has 2 aromatic rings. The molecular formula is C18H23N3O3S. The largest absolute Gasteiger partial charge is 0.372 e. The first-order chi connectivity index (χ1) is 11.9. The molecule has 0 unspecified atom stereocenters. The summed E-state index contributed by atoms with van der Waals surface area (Å²) >= 11 is 0. The van der Waals surface area contributed by atoms with Crippen molar-refractivity contribution in [2.24, 2.45) is 0 Å². The maximum atomic E-state index is 12.1. The number of carbonyl (C=O) groups is 1. The van der Waals surface area contributed by atoms with Gasteiger partial charge in [-0.25, -0.2) is 8.42 Å². The van der Waals surface area contributed by atoms with Crippen LogP contribution >= 0.6 is 0 Å². The number of nitrogens with zero attached hydrogens (tertiary/aromatic N) is 1. The van der Waals surface area contributed by atoms with Gasteiger partial charge in [0.25, 0.3) is 5.91 Å². The molecule has 134 valence electrons. The number of rotatable bonds is 8. The molecule has 25 heavy (non-hydrogen) atoms. The molecule has 1 amide bonds. The van der Waals surface area contributed by atoms with Crippen LogP contribution in [0.3, 0.4) is 0 Å². The lowest BCUT2D eigenvalue weighted by Gasteiger charge is -2.21. The van der Waals surface area contributed by atoms with Gasteiger partial charge in [0, 0.05) is 24.3 Å². The minimum atomic E-state index is -3.66. The van der Waals surface area contributed by atoms with Crippen molar-refractivity contribution < 1.29 is 13.2 Å². The number of benzene rings is 2. The molecule has 0 saturated carbocycles. The summed E-state index contributed by atoms with van der Waals surface area (Å²) in [5.74, 6) is -0.697. The number of hydrogen-bond acceptors (Lipinski definition) is 4. The first kappa shape index (κ1) is 19.0. The van der Waals surface area contributed by atoms with Crippen LogP contribution in [0.1, 0.15) is 29.8 Å². The standard InChI is InChI=1S/C18H23N3O3S/c1-3-21(4-2)17-12-10-16(11-13-17)18(22)19-20-25(23,24)14-15-8-6-5-7-9-15/h5-13,20H,3-4,14H2,1-2H3,(H,19,22). The highest BCUT2D eigenvalue weighted by Gasteiger charge is 2.14. The SMILES string of the molecule is CCN(CC)c1ccc(C(=O)NNS(=O)(=O)Cc2ccccc2)cc1. The molecular weight excluding hydrogens is 338 g/mol. The van der Waals surface area contributed by atoms with Gasteiger partial charge in [-0.2, -0.15) is 0 Å². The van der Waals surface area contributed by atoms with E-state index in [1.165, 1.54) is 0 Å². The summed E-state index contributed by atoms with van der Waals surface area (Å²) in [6.07, 6.45) is 0. The fourth-order valence-electron chi connectivity index (χ4n) is 2.44. The average molecular weight is 361 g/mol. The zero-order valence-electron chi connectivity index (χ0n) is 14.4. The molecule has 0 aliphatic heterocycles. The van der Waals surface area contributed by atoms with Gasteiger partial charge in [-0.05, 0) is 43.7 Å². The van der Waals surface area contributed by atoms with Crippen molar-refractivity contribution >= 4 is 21.6 Å². The van der Waals surface area contributed by atoms with Crippen LogP contribution in [-0.2, 0) is 15.8 Å². The summed E-state index contributed by atoms with van der Waals surface area (Å²) in [5.41, 5.74) is 4.30. The van der Waals surface area contributed by atoms with Crippen LogP contribution in [0.2, 0.25) is 0 Å². The molecule has 0 heterocycles. The number of hydrazine groups is 1. The monoisotopic (exact) mass is 361 g/mol. The van der Waals surface area contributed by atoms with Gasteiger partial charge in [0.15, 0.2) is 0 Å². The Bertz CT molecular complexity index is 786. The predicted molar refractivity (Wildman–Crippen MR) is 99.7 cm³/mol. The molecule has 0 bridgehead atoms. The summed E-state index contributed by atoms with van der Waals surface area (Å²) in [6, 6.07) is 15.8. The Morgan fingerprint density at radius 1 is 0.960 bits per heavy atom. The second kappa shape index (κ2) is 8.64. The lowest BCUT2D eigenvalue weighted by molar-refractivity contribution is 0.0945. The molecule has 7 heteroatoms. The van der Waals surface area contributed by atoms with E-state index in [4.69, 9.17) is 0 Å². The van der Waals surface area contributed by atoms with Crippen LogP contribution in [-0.4, -0.2) is 27.4 Å². The van der Waals surface area contributed by atoms with E-state index in [0.29, 0.717) is 11.1 Å². The van der Waals surface area contributed by atoms with Crippen molar-refractivity contribution in [2.45, 2.75) is 19.6 Å². The van der Waals surface area contributed by atoms with Gasteiger partial charge < -0.3 is 4.90 Å². The number of hydrogen-bond donors (Lipinski definition) is 2. The van der Waals surface area contributed by atoms with Gasteiger partial charge in [-0.1, -0.05) is 30.3 Å². The number of carbonyl (C=O) groups excluding carboxylic acids is 1. The van der Waals surface area contributed by atoms with Crippen molar-refractivity contribution in [1.82, 2.24) is 10.3 Å². The van der Waals surface area contributed by atoms with E-state index >= 15 is 0 Å². The van der Waals surface area contributed by atoms with Gasteiger partial charge in [0.1, 0.15) is 0 Å². The lowest BCUT2D eigenvalue weighted by Crippen LogP contribution is -2.42. The second-order valence-electron chi connectivity index (χ2n) is 5.52. The third kappa shape index (κ3) is 5.58. The summed E-state index contributed by atoms with van der Waals surface area (Å²) < 4.78 is 24.0. The highest BCUT2D eigenvalue weighted by molar-refractivity contribution is 7.88. The number of sulfonamides is 1. The van der Waals surface area contributed by atoms with E-state index in [2.05, 4.69) is 29.0 Å². The molecule has 0 radical (unpaired) electrons.